The normalized spacial score (nSPS) is 10.9. The van der Waals surface area contributed by atoms with E-state index >= 15 is 0 Å². The molecule has 0 fully saturated rings. The number of H-pyrrole nitrogens is 2. The molecule has 0 saturated heterocycles. The number of hydrogen-bond acceptors (Lipinski definition) is 6. The van der Waals surface area contributed by atoms with Gasteiger partial charge in [-0.05, 0) is 24.1 Å². The quantitative estimate of drug-likeness (QED) is 0.502. The number of ketones is 1. The zero-order chi connectivity index (χ0) is 16.9. The fraction of sp³-hybridized carbons (Fsp3) is 0.250. The van der Waals surface area contributed by atoms with Crippen LogP contribution < -0.4 is 10.3 Å². The monoisotopic (exact) mass is 344 g/mol. The van der Waals surface area contributed by atoms with Gasteiger partial charge in [-0.15, -0.1) is 0 Å². The highest BCUT2D eigenvalue weighted by molar-refractivity contribution is 7.99. The molecule has 3 rings (SSSR count). The average molecular weight is 344 g/mol. The number of carbonyl (C=O) groups is 1. The molecule has 1 aromatic carbocycles. The lowest BCUT2D eigenvalue weighted by atomic mass is 10.1. The largest absolute Gasteiger partial charge is 0.497 e. The highest BCUT2D eigenvalue weighted by Gasteiger charge is 2.09. The smallest absolute Gasteiger partial charge is 0.277 e. The van der Waals surface area contributed by atoms with Gasteiger partial charge >= 0.3 is 0 Å². The van der Waals surface area contributed by atoms with Gasteiger partial charge in [-0.1, -0.05) is 23.9 Å². The van der Waals surface area contributed by atoms with E-state index in [1.54, 1.807) is 7.11 Å². The summed E-state index contributed by atoms with van der Waals surface area (Å²) in [6.07, 6.45) is 2.49. The Balaban J connectivity index is 1.55. The fourth-order valence-electron chi connectivity index (χ4n) is 2.22. The molecule has 2 aromatic heterocycles. The van der Waals surface area contributed by atoms with Crippen molar-refractivity contribution in [2.75, 3.05) is 12.9 Å². The van der Waals surface area contributed by atoms with Crippen molar-refractivity contribution in [1.82, 2.24) is 19.9 Å². The van der Waals surface area contributed by atoms with E-state index in [0.29, 0.717) is 29.2 Å². The Bertz CT molecular complexity index is 919. The highest BCUT2D eigenvalue weighted by Crippen LogP contribution is 2.16. The minimum atomic E-state index is -0.288. The second-order valence-corrected chi connectivity index (χ2v) is 6.12. The molecule has 0 aliphatic carbocycles. The van der Waals surface area contributed by atoms with Crippen molar-refractivity contribution in [3.63, 3.8) is 0 Å². The highest BCUT2D eigenvalue weighted by atomic mass is 32.2. The van der Waals surface area contributed by atoms with Crippen LogP contribution in [0.1, 0.15) is 12.0 Å². The first kappa shape index (κ1) is 16.3. The first-order chi connectivity index (χ1) is 11.7. The topological polar surface area (TPSA) is 101 Å². The molecule has 0 spiro atoms. The summed E-state index contributed by atoms with van der Waals surface area (Å²) in [4.78, 5) is 37.4. The number of Topliss-reactive ketones (excluding diaryl/α,β-unsaturated/α-hetero) is 1. The van der Waals surface area contributed by atoms with Crippen LogP contribution in [0.25, 0.3) is 11.2 Å². The van der Waals surface area contributed by atoms with Crippen LogP contribution in [0.3, 0.4) is 0 Å². The van der Waals surface area contributed by atoms with Gasteiger partial charge in [-0.3, -0.25) is 14.6 Å². The number of thioether (sulfide) groups is 1. The Morgan fingerprint density at radius 2 is 2.25 bits per heavy atom. The van der Waals surface area contributed by atoms with Crippen molar-refractivity contribution in [2.24, 2.45) is 0 Å². The molecule has 7 nitrogen and oxygen atoms in total. The number of aromatic nitrogens is 4. The van der Waals surface area contributed by atoms with Gasteiger partial charge in [-0.25, -0.2) is 9.97 Å². The molecule has 8 heteroatoms. The van der Waals surface area contributed by atoms with Crippen molar-refractivity contribution in [3.05, 3.63) is 46.5 Å². The molecule has 0 saturated carbocycles. The molecule has 124 valence electrons. The zero-order valence-electron chi connectivity index (χ0n) is 13.0. The number of imidazole rings is 1. The Labute approximate surface area is 141 Å². The average Bonchev–Trinajstić information content (AvgIpc) is 3.07. The summed E-state index contributed by atoms with van der Waals surface area (Å²) in [6.45, 7) is 0. The van der Waals surface area contributed by atoms with Gasteiger partial charge < -0.3 is 9.72 Å². The number of fused-ring (bicyclic) bond motifs is 1. The lowest BCUT2D eigenvalue weighted by Gasteiger charge is -2.04. The van der Waals surface area contributed by atoms with Crippen LogP contribution in [0.4, 0.5) is 0 Å². The molecule has 0 radical (unpaired) electrons. The number of aromatic amines is 2. The van der Waals surface area contributed by atoms with E-state index in [0.717, 1.165) is 11.3 Å². The second kappa shape index (κ2) is 7.31. The molecule has 0 aliphatic heterocycles. The standard InChI is InChI=1S/C16H16N4O3S/c1-23-12-4-2-3-10(7-12)5-6-11(21)8-24-16-19-14-13(15(22)20-16)17-9-18-14/h2-4,7,9H,5-6,8H2,1H3,(H2,17,18,19,20,22). The van der Waals surface area contributed by atoms with E-state index in [2.05, 4.69) is 19.9 Å². The van der Waals surface area contributed by atoms with Crippen molar-refractivity contribution in [3.8, 4) is 5.75 Å². The lowest BCUT2D eigenvalue weighted by molar-refractivity contribution is -0.116. The molecule has 0 bridgehead atoms. The summed E-state index contributed by atoms with van der Waals surface area (Å²) in [5.74, 6) is 1.12. The number of nitrogens with zero attached hydrogens (tertiary/aromatic N) is 2. The minimum absolute atomic E-state index is 0.0904. The third kappa shape index (κ3) is 3.83. The number of hydrogen-bond donors (Lipinski definition) is 2. The fourth-order valence-corrected chi connectivity index (χ4v) is 2.98. The van der Waals surface area contributed by atoms with Gasteiger partial charge in [0.1, 0.15) is 11.5 Å². The van der Waals surface area contributed by atoms with Gasteiger partial charge in [0.05, 0.1) is 19.2 Å². The molecule has 2 N–H and O–H groups in total. The number of aryl methyl sites for hydroxylation is 1. The Morgan fingerprint density at radius 1 is 1.38 bits per heavy atom. The Kier molecular flexibility index (Phi) is 4.95. The summed E-state index contributed by atoms with van der Waals surface area (Å²) in [6, 6.07) is 7.66. The maximum Gasteiger partial charge on any atom is 0.277 e. The first-order valence-corrected chi connectivity index (χ1v) is 8.35. The van der Waals surface area contributed by atoms with E-state index in [1.807, 2.05) is 24.3 Å². The van der Waals surface area contributed by atoms with Crippen molar-refractivity contribution < 1.29 is 9.53 Å². The summed E-state index contributed by atoms with van der Waals surface area (Å²) >= 11 is 1.21. The van der Waals surface area contributed by atoms with Crippen LogP contribution in [0.15, 0.2) is 40.5 Å². The number of carbonyl (C=O) groups excluding carboxylic acids is 1. The van der Waals surface area contributed by atoms with E-state index in [-0.39, 0.29) is 17.1 Å². The third-order valence-electron chi connectivity index (χ3n) is 3.47. The summed E-state index contributed by atoms with van der Waals surface area (Å²) in [7, 11) is 1.62. The van der Waals surface area contributed by atoms with E-state index in [9.17, 15) is 9.59 Å². The third-order valence-corrected chi connectivity index (χ3v) is 4.40. The van der Waals surface area contributed by atoms with Gasteiger partial charge in [0, 0.05) is 6.42 Å². The number of rotatable bonds is 7. The van der Waals surface area contributed by atoms with E-state index in [4.69, 9.17) is 4.74 Å². The predicted octanol–water partition coefficient (Wildman–Crippen LogP) is 1.95. The van der Waals surface area contributed by atoms with E-state index < -0.39 is 0 Å². The molecule has 0 atom stereocenters. The molecular weight excluding hydrogens is 328 g/mol. The molecule has 0 aliphatic rings. The Hall–Kier alpha value is -2.61. The van der Waals surface area contributed by atoms with Crippen molar-refractivity contribution >= 4 is 28.7 Å². The molecular formula is C16H16N4O3S. The maximum atomic E-state index is 12.0. The molecule has 2 heterocycles. The zero-order valence-corrected chi connectivity index (χ0v) is 13.9. The number of nitrogens with one attached hydrogen (secondary N) is 2. The van der Waals surface area contributed by atoms with Gasteiger partial charge in [0.15, 0.2) is 16.3 Å². The molecule has 0 amide bonds. The van der Waals surface area contributed by atoms with Crippen LogP contribution in [-0.4, -0.2) is 38.6 Å². The summed E-state index contributed by atoms with van der Waals surface area (Å²) in [5, 5.41) is 0.398. The van der Waals surface area contributed by atoms with Crippen molar-refractivity contribution in [2.45, 2.75) is 18.0 Å². The lowest BCUT2D eigenvalue weighted by Crippen LogP contribution is -2.10. The molecule has 24 heavy (non-hydrogen) atoms. The van der Waals surface area contributed by atoms with Gasteiger partial charge in [-0.2, -0.15) is 0 Å². The number of methoxy groups -OCH3 is 1. The molecule has 3 aromatic rings. The number of ether oxygens (including phenoxy) is 1. The van der Waals surface area contributed by atoms with Crippen LogP contribution in [-0.2, 0) is 11.2 Å². The number of benzene rings is 1. The predicted molar refractivity (Wildman–Crippen MR) is 91.6 cm³/mol. The van der Waals surface area contributed by atoms with Crippen LogP contribution in [0.2, 0.25) is 0 Å². The second-order valence-electron chi connectivity index (χ2n) is 5.15. The SMILES string of the molecule is COc1cccc(CCC(=O)CSc2nc3nc[nH]c3c(=O)[nH]2)c1. The van der Waals surface area contributed by atoms with Gasteiger partial charge in [0.25, 0.3) is 5.56 Å². The molecule has 0 unspecified atom stereocenters. The maximum absolute atomic E-state index is 12.0. The van der Waals surface area contributed by atoms with Crippen LogP contribution in [0, 0.1) is 0 Å². The van der Waals surface area contributed by atoms with Crippen molar-refractivity contribution in [1.29, 1.82) is 0 Å². The first-order valence-electron chi connectivity index (χ1n) is 7.36. The summed E-state index contributed by atoms with van der Waals surface area (Å²) in [5.41, 5.74) is 1.45. The Morgan fingerprint density at radius 3 is 3.08 bits per heavy atom. The van der Waals surface area contributed by atoms with Gasteiger partial charge in [0.2, 0.25) is 0 Å². The van der Waals surface area contributed by atoms with E-state index in [1.165, 1.54) is 18.1 Å². The summed E-state index contributed by atoms with van der Waals surface area (Å²) < 4.78 is 5.17. The van der Waals surface area contributed by atoms with Crippen LogP contribution in [0.5, 0.6) is 5.75 Å². The minimum Gasteiger partial charge on any atom is -0.497 e. The van der Waals surface area contributed by atoms with Crippen LogP contribution >= 0.6 is 11.8 Å².